The van der Waals surface area contributed by atoms with Crippen molar-refractivity contribution in [2.45, 2.75) is 52.6 Å². The van der Waals surface area contributed by atoms with Crippen molar-refractivity contribution >= 4 is 5.97 Å². The minimum Gasteiger partial charge on any atom is -0.481 e. The molecule has 0 aromatic heterocycles. The van der Waals surface area contributed by atoms with E-state index in [2.05, 4.69) is 0 Å². The highest BCUT2D eigenvalue weighted by molar-refractivity contribution is 5.72. The van der Waals surface area contributed by atoms with Crippen LogP contribution < -0.4 is 0 Å². The van der Waals surface area contributed by atoms with Crippen LogP contribution in [0.1, 0.15) is 49.8 Å². The van der Waals surface area contributed by atoms with E-state index in [1.54, 1.807) is 6.92 Å². The van der Waals surface area contributed by atoms with Crippen molar-refractivity contribution < 1.29 is 15.0 Å². The summed E-state index contributed by atoms with van der Waals surface area (Å²) in [4.78, 5) is 11.4. The maximum atomic E-state index is 11.4. The first kappa shape index (κ1) is 15.7. The highest BCUT2D eigenvalue weighted by Gasteiger charge is 2.38. The number of unbranched alkanes of at least 4 members (excludes halogenated alkanes) is 1. The first-order valence-corrected chi connectivity index (χ1v) is 6.83. The molecule has 2 N–H and O–H groups in total. The molecule has 1 aromatic rings. The number of hydrogen-bond donors (Lipinski definition) is 2. The number of rotatable bonds is 6. The van der Waals surface area contributed by atoms with Gasteiger partial charge in [0.1, 0.15) is 5.60 Å². The largest absolute Gasteiger partial charge is 0.481 e. The van der Waals surface area contributed by atoms with E-state index >= 15 is 0 Å². The van der Waals surface area contributed by atoms with Gasteiger partial charge in [-0.15, -0.1) is 0 Å². The Balaban J connectivity index is 3.10. The number of aliphatic carboxylic acids is 1. The van der Waals surface area contributed by atoms with E-state index < -0.39 is 17.5 Å². The van der Waals surface area contributed by atoms with Crippen LogP contribution in [0.25, 0.3) is 0 Å². The number of carboxylic acids is 1. The van der Waals surface area contributed by atoms with Crippen molar-refractivity contribution in [3.05, 3.63) is 34.9 Å². The summed E-state index contributed by atoms with van der Waals surface area (Å²) in [5.74, 6) is -1.70. The molecule has 106 valence electrons. The van der Waals surface area contributed by atoms with Crippen LogP contribution in [-0.4, -0.2) is 16.2 Å². The van der Waals surface area contributed by atoms with E-state index in [-0.39, 0.29) is 0 Å². The Bertz CT molecular complexity index is 449. The van der Waals surface area contributed by atoms with Crippen LogP contribution in [0, 0.1) is 19.8 Å². The molecular weight excluding hydrogens is 240 g/mol. The summed E-state index contributed by atoms with van der Waals surface area (Å²) in [5.41, 5.74) is 1.55. The number of carbonyl (C=O) groups is 1. The van der Waals surface area contributed by atoms with Gasteiger partial charge in [0.2, 0.25) is 0 Å². The van der Waals surface area contributed by atoms with Crippen molar-refractivity contribution in [2.24, 2.45) is 5.92 Å². The molecule has 0 fully saturated rings. The molecule has 0 radical (unpaired) electrons. The maximum absolute atomic E-state index is 11.4. The standard InChI is InChI=1S/C16H24O3/c1-5-6-7-14(15(17)18)16(4,19)13-9-8-11(2)12(3)10-13/h8-10,14,19H,5-7H2,1-4H3,(H,17,18). The average molecular weight is 264 g/mol. The molecule has 0 bridgehead atoms. The Morgan fingerprint density at radius 3 is 2.42 bits per heavy atom. The third kappa shape index (κ3) is 3.57. The second kappa shape index (κ2) is 6.20. The molecule has 1 rings (SSSR count). The summed E-state index contributed by atoms with van der Waals surface area (Å²) >= 11 is 0. The van der Waals surface area contributed by atoms with E-state index in [9.17, 15) is 15.0 Å². The number of benzene rings is 1. The fourth-order valence-electron chi connectivity index (χ4n) is 2.31. The summed E-state index contributed by atoms with van der Waals surface area (Å²) < 4.78 is 0. The Kier molecular flexibility index (Phi) is 5.12. The van der Waals surface area contributed by atoms with E-state index in [0.29, 0.717) is 12.0 Å². The van der Waals surface area contributed by atoms with Crippen LogP contribution in [0.3, 0.4) is 0 Å². The predicted molar refractivity (Wildman–Crippen MR) is 76.1 cm³/mol. The normalized spacial score (nSPS) is 15.8. The fourth-order valence-corrected chi connectivity index (χ4v) is 2.31. The molecule has 0 amide bonds. The molecule has 0 heterocycles. The minimum absolute atomic E-state index is 0.492. The lowest BCUT2D eigenvalue weighted by Crippen LogP contribution is -2.37. The van der Waals surface area contributed by atoms with Crippen molar-refractivity contribution in [3.8, 4) is 0 Å². The predicted octanol–water partition coefficient (Wildman–Crippen LogP) is 3.40. The summed E-state index contributed by atoms with van der Waals surface area (Å²) in [6.45, 7) is 7.59. The molecule has 0 spiro atoms. The van der Waals surface area contributed by atoms with Gasteiger partial charge in [-0.1, -0.05) is 38.0 Å². The van der Waals surface area contributed by atoms with Gasteiger partial charge in [0.15, 0.2) is 0 Å². The highest BCUT2D eigenvalue weighted by Crippen LogP contribution is 2.34. The molecule has 0 saturated heterocycles. The lowest BCUT2D eigenvalue weighted by atomic mass is 9.79. The smallest absolute Gasteiger partial charge is 0.309 e. The molecule has 2 atom stereocenters. The van der Waals surface area contributed by atoms with E-state index in [0.717, 1.165) is 24.0 Å². The number of carboxylic acid groups (broad SMARTS) is 1. The van der Waals surface area contributed by atoms with Gasteiger partial charge in [0.05, 0.1) is 5.92 Å². The zero-order valence-corrected chi connectivity index (χ0v) is 12.2. The summed E-state index contributed by atoms with van der Waals surface area (Å²) in [6, 6.07) is 5.64. The van der Waals surface area contributed by atoms with Gasteiger partial charge >= 0.3 is 5.97 Å². The van der Waals surface area contributed by atoms with Crippen molar-refractivity contribution in [2.75, 3.05) is 0 Å². The number of aryl methyl sites for hydroxylation is 2. The monoisotopic (exact) mass is 264 g/mol. The first-order valence-electron chi connectivity index (χ1n) is 6.83. The van der Waals surface area contributed by atoms with Crippen LogP contribution in [0.15, 0.2) is 18.2 Å². The number of aliphatic hydroxyl groups is 1. The second-order valence-corrected chi connectivity index (χ2v) is 5.48. The topological polar surface area (TPSA) is 57.5 Å². The molecule has 0 aliphatic carbocycles. The molecule has 1 aromatic carbocycles. The molecule has 2 unspecified atom stereocenters. The Labute approximate surface area is 115 Å². The van der Waals surface area contributed by atoms with Gasteiger partial charge in [0, 0.05) is 0 Å². The van der Waals surface area contributed by atoms with Gasteiger partial charge in [-0.05, 0) is 43.9 Å². The first-order chi connectivity index (χ1) is 8.80. The molecule has 0 saturated carbocycles. The van der Waals surface area contributed by atoms with Crippen LogP contribution in [0.5, 0.6) is 0 Å². The minimum atomic E-state index is -1.33. The quantitative estimate of drug-likeness (QED) is 0.828. The molecule has 3 nitrogen and oxygen atoms in total. The summed E-state index contributed by atoms with van der Waals surface area (Å²) in [5, 5.41) is 20.0. The zero-order chi connectivity index (χ0) is 14.6. The Morgan fingerprint density at radius 1 is 1.32 bits per heavy atom. The lowest BCUT2D eigenvalue weighted by molar-refractivity contribution is -0.152. The van der Waals surface area contributed by atoms with Crippen molar-refractivity contribution in [1.29, 1.82) is 0 Å². The third-order valence-electron chi connectivity index (χ3n) is 3.91. The van der Waals surface area contributed by atoms with E-state index in [1.807, 2.05) is 39.0 Å². The van der Waals surface area contributed by atoms with Crippen LogP contribution in [-0.2, 0) is 10.4 Å². The highest BCUT2D eigenvalue weighted by atomic mass is 16.4. The molecule has 0 aliphatic heterocycles. The molecular formula is C16H24O3. The van der Waals surface area contributed by atoms with Gasteiger partial charge < -0.3 is 10.2 Å². The van der Waals surface area contributed by atoms with E-state index in [4.69, 9.17) is 0 Å². The van der Waals surface area contributed by atoms with Crippen LogP contribution in [0.4, 0.5) is 0 Å². The summed E-state index contributed by atoms with van der Waals surface area (Å²) in [6.07, 6.45) is 2.22. The second-order valence-electron chi connectivity index (χ2n) is 5.48. The molecule has 19 heavy (non-hydrogen) atoms. The SMILES string of the molecule is CCCCC(C(=O)O)C(C)(O)c1ccc(C)c(C)c1. The van der Waals surface area contributed by atoms with Crippen LogP contribution in [0.2, 0.25) is 0 Å². The summed E-state index contributed by atoms with van der Waals surface area (Å²) in [7, 11) is 0. The van der Waals surface area contributed by atoms with Gasteiger partial charge in [0.25, 0.3) is 0 Å². The van der Waals surface area contributed by atoms with Crippen LogP contribution >= 0.6 is 0 Å². The number of hydrogen-bond acceptors (Lipinski definition) is 2. The zero-order valence-electron chi connectivity index (χ0n) is 12.2. The maximum Gasteiger partial charge on any atom is 0.309 e. The van der Waals surface area contributed by atoms with Gasteiger partial charge in [-0.3, -0.25) is 4.79 Å². The van der Waals surface area contributed by atoms with Gasteiger partial charge in [-0.25, -0.2) is 0 Å². The van der Waals surface area contributed by atoms with Crippen molar-refractivity contribution in [1.82, 2.24) is 0 Å². The lowest BCUT2D eigenvalue weighted by Gasteiger charge is -2.31. The Hall–Kier alpha value is -1.35. The molecule has 3 heteroatoms. The average Bonchev–Trinajstić information content (AvgIpc) is 2.32. The Morgan fingerprint density at radius 2 is 1.95 bits per heavy atom. The molecule has 0 aliphatic rings. The van der Waals surface area contributed by atoms with Crippen molar-refractivity contribution in [3.63, 3.8) is 0 Å². The fraction of sp³-hybridized carbons (Fsp3) is 0.562. The third-order valence-corrected chi connectivity index (χ3v) is 3.91. The van der Waals surface area contributed by atoms with Gasteiger partial charge in [-0.2, -0.15) is 0 Å². The van der Waals surface area contributed by atoms with E-state index in [1.165, 1.54) is 0 Å².